The molecule has 0 unspecified atom stereocenters. The molecule has 20 heavy (non-hydrogen) atoms. The van der Waals surface area contributed by atoms with E-state index >= 15 is 0 Å². The van der Waals surface area contributed by atoms with Gasteiger partial charge in [-0.3, -0.25) is 4.57 Å². The van der Waals surface area contributed by atoms with Crippen molar-refractivity contribution in [3.05, 3.63) is 22.7 Å². The van der Waals surface area contributed by atoms with Crippen LogP contribution >= 0.6 is 23.5 Å². The Kier molecular flexibility index (Phi) is 3.71. The van der Waals surface area contributed by atoms with Crippen LogP contribution in [0.5, 0.6) is 0 Å². The maximum absolute atomic E-state index is 12.0. The standard InChI is InChI=1S/C11H15N3O4S2/c12-7-1-2-14(10(17)13-7)9-11(19-3-4-20-11)8(16)6(5-15)18-9/h1-2,6,8-9,15-16H,3-5H2,(H2,12,13,17)/t6-,8-,9-/m1/s1. The second kappa shape index (κ2) is 5.23. The first kappa shape index (κ1) is 14.2. The molecule has 0 aromatic carbocycles. The maximum atomic E-state index is 12.0. The molecule has 0 amide bonds. The number of anilines is 1. The molecule has 3 heterocycles. The van der Waals surface area contributed by atoms with Gasteiger partial charge in [0.1, 0.15) is 22.1 Å². The number of hydrogen-bond donors (Lipinski definition) is 3. The van der Waals surface area contributed by atoms with Gasteiger partial charge in [0.15, 0.2) is 6.23 Å². The lowest BCUT2D eigenvalue weighted by Crippen LogP contribution is -2.42. The van der Waals surface area contributed by atoms with Crippen LogP contribution in [0.4, 0.5) is 5.82 Å². The van der Waals surface area contributed by atoms with Gasteiger partial charge in [-0.1, -0.05) is 0 Å². The van der Waals surface area contributed by atoms with Crippen molar-refractivity contribution in [3.8, 4) is 0 Å². The van der Waals surface area contributed by atoms with E-state index in [2.05, 4.69) is 4.98 Å². The van der Waals surface area contributed by atoms with Crippen molar-refractivity contribution < 1.29 is 14.9 Å². The van der Waals surface area contributed by atoms with E-state index in [0.29, 0.717) is 0 Å². The normalized spacial score (nSPS) is 32.0. The fraction of sp³-hybridized carbons (Fsp3) is 0.636. The van der Waals surface area contributed by atoms with Gasteiger partial charge in [0.05, 0.1) is 6.61 Å². The molecule has 0 saturated carbocycles. The van der Waals surface area contributed by atoms with Crippen molar-refractivity contribution in [1.82, 2.24) is 9.55 Å². The summed E-state index contributed by atoms with van der Waals surface area (Å²) in [7, 11) is 0. The number of aliphatic hydroxyl groups is 2. The van der Waals surface area contributed by atoms with Gasteiger partial charge < -0.3 is 20.7 Å². The van der Waals surface area contributed by atoms with Crippen molar-refractivity contribution in [2.45, 2.75) is 22.5 Å². The second-order valence-electron chi connectivity index (χ2n) is 4.61. The molecule has 1 aromatic heterocycles. The third-order valence-corrected chi connectivity index (χ3v) is 7.01. The monoisotopic (exact) mass is 317 g/mol. The molecule has 3 rings (SSSR count). The van der Waals surface area contributed by atoms with E-state index in [1.165, 1.54) is 16.8 Å². The minimum atomic E-state index is -0.848. The topological polar surface area (TPSA) is 111 Å². The largest absolute Gasteiger partial charge is 0.394 e. The molecule has 0 bridgehead atoms. The van der Waals surface area contributed by atoms with E-state index in [4.69, 9.17) is 10.5 Å². The minimum Gasteiger partial charge on any atom is -0.394 e. The van der Waals surface area contributed by atoms with Crippen LogP contribution in [0.3, 0.4) is 0 Å². The van der Waals surface area contributed by atoms with E-state index in [1.54, 1.807) is 23.5 Å². The van der Waals surface area contributed by atoms with Gasteiger partial charge in [0.25, 0.3) is 0 Å². The molecule has 2 fully saturated rings. The van der Waals surface area contributed by atoms with Crippen LogP contribution < -0.4 is 11.4 Å². The lowest BCUT2D eigenvalue weighted by Gasteiger charge is -2.30. The van der Waals surface area contributed by atoms with E-state index in [9.17, 15) is 15.0 Å². The molecule has 2 aliphatic rings. The van der Waals surface area contributed by atoms with E-state index < -0.39 is 28.2 Å². The second-order valence-corrected chi connectivity index (χ2v) is 7.62. The molecule has 1 aromatic rings. The first-order valence-electron chi connectivity index (χ1n) is 6.15. The lowest BCUT2D eigenvalue weighted by atomic mass is 10.1. The minimum absolute atomic E-state index is 0.143. The van der Waals surface area contributed by atoms with Crippen LogP contribution in [0.15, 0.2) is 17.1 Å². The summed E-state index contributed by atoms with van der Waals surface area (Å²) in [4.78, 5) is 15.7. The molecule has 3 atom stereocenters. The highest BCUT2D eigenvalue weighted by Gasteiger charge is 2.59. The number of rotatable bonds is 2. The number of aromatic nitrogens is 2. The Morgan fingerprint density at radius 2 is 2.25 bits per heavy atom. The summed E-state index contributed by atoms with van der Waals surface area (Å²) in [5.74, 6) is 1.86. The van der Waals surface area contributed by atoms with Crippen LogP contribution in [0.1, 0.15) is 6.23 Å². The zero-order valence-corrected chi connectivity index (χ0v) is 12.1. The molecule has 1 spiro atoms. The molecular weight excluding hydrogens is 302 g/mol. The molecule has 2 aliphatic heterocycles. The third-order valence-electron chi connectivity index (χ3n) is 3.44. The Morgan fingerprint density at radius 3 is 2.85 bits per heavy atom. The summed E-state index contributed by atoms with van der Waals surface area (Å²) in [5.41, 5.74) is 4.97. The highest BCUT2D eigenvalue weighted by Crippen LogP contribution is 2.58. The van der Waals surface area contributed by atoms with Crippen molar-refractivity contribution in [2.75, 3.05) is 23.8 Å². The summed E-state index contributed by atoms with van der Waals surface area (Å²) in [5, 5.41) is 19.8. The number of ether oxygens (including phenoxy) is 1. The Balaban J connectivity index is 2.04. The number of aliphatic hydroxyl groups excluding tert-OH is 2. The van der Waals surface area contributed by atoms with E-state index in [0.717, 1.165) is 11.5 Å². The number of nitrogens with zero attached hydrogens (tertiary/aromatic N) is 2. The van der Waals surface area contributed by atoms with E-state index in [-0.39, 0.29) is 12.4 Å². The molecule has 110 valence electrons. The summed E-state index contributed by atoms with van der Waals surface area (Å²) in [6, 6.07) is 1.52. The third kappa shape index (κ3) is 2.04. The highest BCUT2D eigenvalue weighted by atomic mass is 32.2. The molecule has 0 aliphatic carbocycles. The van der Waals surface area contributed by atoms with Crippen LogP contribution in [0.25, 0.3) is 0 Å². The van der Waals surface area contributed by atoms with E-state index in [1.807, 2.05) is 0 Å². The average Bonchev–Trinajstić information content (AvgIpc) is 3.00. The van der Waals surface area contributed by atoms with Crippen molar-refractivity contribution in [1.29, 1.82) is 0 Å². The molecule has 4 N–H and O–H groups in total. The maximum Gasteiger partial charge on any atom is 0.351 e. The Labute approximate surface area is 123 Å². The summed E-state index contributed by atoms with van der Waals surface area (Å²) >= 11 is 3.11. The zero-order valence-electron chi connectivity index (χ0n) is 10.5. The van der Waals surface area contributed by atoms with Crippen molar-refractivity contribution >= 4 is 29.3 Å². The number of hydrogen-bond acceptors (Lipinski definition) is 8. The van der Waals surface area contributed by atoms with Crippen LogP contribution in [-0.2, 0) is 4.74 Å². The Hall–Kier alpha value is -0.740. The summed E-state index contributed by atoms with van der Waals surface area (Å²) < 4.78 is 6.36. The van der Waals surface area contributed by atoms with Gasteiger partial charge in [-0.05, 0) is 6.07 Å². The smallest absolute Gasteiger partial charge is 0.351 e. The van der Waals surface area contributed by atoms with Crippen LogP contribution in [-0.4, -0.2) is 54.2 Å². The van der Waals surface area contributed by atoms with Gasteiger partial charge in [-0.25, -0.2) is 4.79 Å². The highest BCUT2D eigenvalue weighted by molar-refractivity contribution is 8.21. The first-order valence-corrected chi connectivity index (χ1v) is 8.12. The summed E-state index contributed by atoms with van der Waals surface area (Å²) in [6.07, 6.45) is -0.710. The van der Waals surface area contributed by atoms with Gasteiger partial charge in [-0.2, -0.15) is 4.98 Å². The molecule has 2 saturated heterocycles. The van der Waals surface area contributed by atoms with Gasteiger partial charge in [0.2, 0.25) is 0 Å². The molecular formula is C11H15N3O4S2. The SMILES string of the molecule is Nc1ccn([C@@H]2O[C@H](CO)[C@@H](O)C23SCCS3)c(=O)n1. The number of thioether (sulfide) groups is 2. The predicted molar refractivity (Wildman–Crippen MR) is 77.6 cm³/mol. The fourth-order valence-corrected chi connectivity index (χ4v) is 5.91. The van der Waals surface area contributed by atoms with Crippen LogP contribution in [0, 0.1) is 0 Å². The van der Waals surface area contributed by atoms with Crippen molar-refractivity contribution in [2.24, 2.45) is 0 Å². The summed E-state index contributed by atoms with van der Waals surface area (Å²) in [6.45, 7) is -0.294. The first-order chi connectivity index (χ1) is 9.58. The van der Waals surface area contributed by atoms with Crippen LogP contribution in [0.2, 0.25) is 0 Å². The number of nitrogen functional groups attached to an aromatic ring is 1. The predicted octanol–water partition coefficient (Wildman–Crippen LogP) is -0.748. The quantitative estimate of drug-likeness (QED) is 0.654. The molecule has 9 heteroatoms. The average molecular weight is 317 g/mol. The van der Waals surface area contributed by atoms with Gasteiger partial charge in [-0.15, -0.1) is 23.5 Å². The van der Waals surface area contributed by atoms with Gasteiger partial charge in [0, 0.05) is 17.7 Å². The fourth-order valence-electron chi connectivity index (χ4n) is 2.50. The number of nitrogens with two attached hydrogens (primary N) is 1. The van der Waals surface area contributed by atoms with Crippen molar-refractivity contribution in [3.63, 3.8) is 0 Å². The van der Waals surface area contributed by atoms with Gasteiger partial charge >= 0.3 is 5.69 Å². The lowest BCUT2D eigenvalue weighted by molar-refractivity contribution is -0.0459. The Morgan fingerprint density at radius 1 is 1.55 bits per heavy atom. The molecule has 0 radical (unpaired) electrons. The Bertz CT molecular complexity index is 561. The zero-order chi connectivity index (χ0) is 14.3. The molecule has 7 nitrogen and oxygen atoms in total.